The molecule has 0 aromatic carbocycles. The van der Waals surface area contributed by atoms with E-state index in [4.69, 9.17) is 5.73 Å². The Bertz CT molecular complexity index is 155. The Kier molecular flexibility index (Phi) is 5.44. The van der Waals surface area contributed by atoms with Crippen LogP contribution >= 0.6 is 0 Å². The van der Waals surface area contributed by atoms with E-state index in [1.165, 1.54) is 0 Å². The number of hydrogen-bond acceptors (Lipinski definition) is 2. The van der Waals surface area contributed by atoms with Crippen LogP contribution in [0.5, 0.6) is 0 Å². The number of hydrogen-bond donors (Lipinski definition) is 2. The van der Waals surface area contributed by atoms with E-state index >= 15 is 0 Å². The highest BCUT2D eigenvalue weighted by atomic mass is 19.4. The Hall–Kier alpha value is -0.290. The Morgan fingerprint density at radius 3 is 2.21 bits per heavy atom. The molecule has 0 saturated carbocycles. The Balaban J connectivity index is 3.39. The molecule has 2 nitrogen and oxygen atoms in total. The SMILES string of the molecule is CC(C)(CN)CNCCCC(F)(F)F. The van der Waals surface area contributed by atoms with Crippen LogP contribution in [-0.4, -0.2) is 25.8 Å². The second-order valence-corrected chi connectivity index (χ2v) is 4.26. The minimum atomic E-state index is -4.04. The Morgan fingerprint density at radius 2 is 1.79 bits per heavy atom. The van der Waals surface area contributed by atoms with Crippen molar-refractivity contribution in [3.63, 3.8) is 0 Å². The largest absolute Gasteiger partial charge is 0.389 e. The highest BCUT2D eigenvalue weighted by molar-refractivity contribution is 4.71. The van der Waals surface area contributed by atoms with Gasteiger partial charge in [-0.2, -0.15) is 13.2 Å². The minimum absolute atomic E-state index is 0.0434. The van der Waals surface area contributed by atoms with Gasteiger partial charge in [-0.25, -0.2) is 0 Å². The smallest absolute Gasteiger partial charge is 0.330 e. The van der Waals surface area contributed by atoms with Crippen molar-refractivity contribution in [1.29, 1.82) is 0 Å². The monoisotopic (exact) mass is 212 g/mol. The summed E-state index contributed by atoms with van der Waals surface area (Å²) >= 11 is 0. The molecule has 0 unspecified atom stereocenters. The molecular formula is C9H19F3N2. The minimum Gasteiger partial charge on any atom is -0.330 e. The van der Waals surface area contributed by atoms with E-state index in [-0.39, 0.29) is 11.8 Å². The zero-order valence-corrected chi connectivity index (χ0v) is 8.75. The topological polar surface area (TPSA) is 38.0 Å². The van der Waals surface area contributed by atoms with Crippen molar-refractivity contribution in [1.82, 2.24) is 5.32 Å². The lowest BCUT2D eigenvalue weighted by atomic mass is 9.94. The van der Waals surface area contributed by atoms with Crippen molar-refractivity contribution in [2.75, 3.05) is 19.6 Å². The highest BCUT2D eigenvalue weighted by Gasteiger charge is 2.25. The van der Waals surface area contributed by atoms with Crippen molar-refractivity contribution in [2.45, 2.75) is 32.9 Å². The van der Waals surface area contributed by atoms with Gasteiger partial charge in [0.05, 0.1) is 0 Å². The summed E-state index contributed by atoms with van der Waals surface area (Å²) in [6.07, 6.45) is -4.63. The van der Waals surface area contributed by atoms with Gasteiger partial charge in [-0.1, -0.05) is 13.8 Å². The van der Waals surface area contributed by atoms with E-state index in [2.05, 4.69) is 5.32 Å². The summed E-state index contributed by atoms with van der Waals surface area (Å²) in [6.45, 7) is 5.52. The maximum absolute atomic E-state index is 11.7. The molecule has 0 aliphatic rings. The van der Waals surface area contributed by atoms with Crippen molar-refractivity contribution < 1.29 is 13.2 Å². The van der Waals surface area contributed by atoms with Crippen LogP contribution in [-0.2, 0) is 0 Å². The van der Waals surface area contributed by atoms with Crippen LogP contribution in [0.2, 0.25) is 0 Å². The summed E-state index contributed by atoms with van der Waals surface area (Å²) < 4.78 is 35.2. The van der Waals surface area contributed by atoms with Crippen LogP contribution in [0.25, 0.3) is 0 Å². The third-order valence-corrected chi connectivity index (χ3v) is 1.97. The first-order chi connectivity index (χ1) is 6.27. The van der Waals surface area contributed by atoms with Gasteiger partial charge in [-0.3, -0.25) is 0 Å². The number of halogens is 3. The fraction of sp³-hybridized carbons (Fsp3) is 1.00. The molecule has 5 heteroatoms. The van der Waals surface area contributed by atoms with Gasteiger partial charge >= 0.3 is 6.18 Å². The first kappa shape index (κ1) is 13.7. The lowest BCUT2D eigenvalue weighted by molar-refractivity contribution is -0.135. The molecular weight excluding hydrogens is 193 g/mol. The van der Waals surface area contributed by atoms with E-state index in [0.717, 1.165) is 0 Å². The second kappa shape index (κ2) is 5.56. The van der Waals surface area contributed by atoms with Gasteiger partial charge in [0, 0.05) is 13.0 Å². The maximum Gasteiger partial charge on any atom is 0.389 e. The van der Waals surface area contributed by atoms with Crippen LogP contribution in [0.1, 0.15) is 26.7 Å². The van der Waals surface area contributed by atoms with Gasteiger partial charge in [0.15, 0.2) is 0 Å². The number of nitrogens with two attached hydrogens (primary N) is 1. The van der Waals surface area contributed by atoms with Crippen molar-refractivity contribution in [3.8, 4) is 0 Å². The molecule has 3 N–H and O–H groups in total. The fourth-order valence-corrected chi connectivity index (χ4v) is 0.913. The van der Waals surface area contributed by atoms with Gasteiger partial charge in [0.25, 0.3) is 0 Å². The zero-order chi connectivity index (χ0) is 11.2. The van der Waals surface area contributed by atoms with Crippen molar-refractivity contribution in [2.24, 2.45) is 11.1 Å². The first-order valence-electron chi connectivity index (χ1n) is 4.74. The molecule has 86 valence electrons. The second-order valence-electron chi connectivity index (χ2n) is 4.26. The molecule has 0 amide bonds. The zero-order valence-electron chi connectivity index (χ0n) is 8.75. The summed E-state index contributed by atoms with van der Waals surface area (Å²) in [5.74, 6) is 0. The quantitative estimate of drug-likeness (QED) is 0.660. The van der Waals surface area contributed by atoms with E-state index in [0.29, 0.717) is 19.6 Å². The average molecular weight is 212 g/mol. The molecule has 14 heavy (non-hydrogen) atoms. The van der Waals surface area contributed by atoms with Crippen LogP contribution in [0.15, 0.2) is 0 Å². The normalized spacial score (nSPS) is 13.3. The van der Waals surface area contributed by atoms with Gasteiger partial charge in [0.1, 0.15) is 0 Å². The fourth-order valence-electron chi connectivity index (χ4n) is 0.913. The summed E-state index contributed by atoms with van der Waals surface area (Å²) in [5.41, 5.74) is 5.43. The lowest BCUT2D eigenvalue weighted by Crippen LogP contribution is -2.36. The van der Waals surface area contributed by atoms with E-state index < -0.39 is 12.6 Å². The van der Waals surface area contributed by atoms with Crippen LogP contribution in [0, 0.1) is 5.41 Å². The molecule has 0 rings (SSSR count). The molecule has 0 radical (unpaired) electrons. The van der Waals surface area contributed by atoms with Gasteiger partial charge in [-0.05, 0) is 24.9 Å². The van der Waals surface area contributed by atoms with E-state index in [1.54, 1.807) is 0 Å². The summed E-state index contributed by atoms with van der Waals surface area (Å²) in [6, 6.07) is 0. The van der Waals surface area contributed by atoms with Gasteiger partial charge in [0.2, 0.25) is 0 Å². The summed E-state index contributed by atoms with van der Waals surface area (Å²) in [7, 11) is 0. The lowest BCUT2D eigenvalue weighted by Gasteiger charge is -2.22. The molecule has 0 atom stereocenters. The number of alkyl halides is 3. The van der Waals surface area contributed by atoms with Crippen LogP contribution in [0.3, 0.4) is 0 Å². The molecule has 0 aliphatic heterocycles. The molecule has 0 saturated heterocycles. The van der Waals surface area contributed by atoms with Crippen LogP contribution in [0.4, 0.5) is 13.2 Å². The van der Waals surface area contributed by atoms with Gasteiger partial charge < -0.3 is 11.1 Å². The molecule has 0 spiro atoms. The predicted octanol–water partition coefficient (Wildman–Crippen LogP) is 1.90. The van der Waals surface area contributed by atoms with Gasteiger partial charge in [-0.15, -0.1) is 0 Å². The Morgan fingerprint density at radius 1 is 1.21 bits per heavy atom. The summed E-state index contributed by atoms with van der Waals surface area (Å²) in [4.78, 5) is 0. The predicted molar refractivity (Wildman–Crippen MR) is 51.0 cm³/mol. The van der Waals surface area contributed by atoms with Crippen molar-refractivity contribution >= 4 is 0 Å². The third kappa shape index (κ3) is 8.31. The average Bonchev–Trinajstić information content (AvgIpc) is 2.01. The van der Waals surface area contributed by atoms with E-state index in [1.807, 2.05) is 13.8 Å². The van der Waals surface area contributed by atoms with Crippen molar-refractivity contribution in [3.05, 3.63) is 0 Å². The molecule has 0 aliphatic carbocycles. The summed E-state index contributed by atoms with van der Waals surface area (Å²) in [5, 5.41) is 2.97. The standard InChI is InChI=1S/C9H19F3N2/c1-8(2,6-13)7-14-5-3-4-9(10,11)12/h14H,3-7,13H2,1-2H3. The molecule has 0 bridgehead atoms. The number of rotatable bonds is 6. The maximum atomic E-state index is 11.7. The van der Waals surface area contributed by atoms with E-state index in [9.17, 15) is 13.2 Å². The molecule has 0 heterocycles. The molecule has 0 aromatic rings. The molecule has 0 fully saturated rings. The molecule has 0 aromatic heterocycles. The Labute approximate surface area is 83.0 Å². The highest BCUT2D eigenvalue weighted by Crippen LogP contribution is 2.20. The third-order valence-electron chi connectivity index (χ3n) is 1.97. The van der Waals surface area contributed by atoms with Crippen LogP contribution < -0.4 is 11.1 Å². The first-order valence-corrected chi connectivity index (χ1v) is 4.74. The number of nitrogens with one attached hydrogen (secondary N) is 1.